The molecule has 2 fully saturated rings. The molecular formula is C15H19ClN4O2. The molecule has 1 aromatic rings. The number of carbonyl (C=O) groups is 2. The third kappa shape index (κ3) is 3.09. The average molecular weight is 323 g/mol. The van der Waals surface area contributed by atoms with E-state index in [-0.39, 0.29) is 18.0 Å². The van der Waals surface area contributed by atoms with Crippen LogP contribution < -0.4 is 21.1 Å². The third-order valence-electron chi connectivity index (χ3n) is 4.07. The molecular weight excluding hydrogens is 304 g/mol. The minimum Gasteiger partial charge on any atom is -0.339 e. The molecule has 3 atom stereocenters. The molecule has 22 heavy (non-hydrogen) atoms. The number of rotatable bonds is 3. The Balaban J connectivity index is 1.63. The second-order valence-corrected chi connectivity index (χ2v) is 6.23. The number of hydrogen-bond donors (Lipinski definition) is 3. The quantitative estimate of drug-likeness (QED) is 0.727. The van der Waals surface area contributed by atoms with E-state index in [2.05, 4.69) is 16.2 Å². The van der Waals surface area contributed by atoms with Gasteiger partial charge in [0.1, 0.15) is 5.92 Å². The molecule has 118 valence electrons. The summed E-state index contributed by atoms with van der Waals surface area (Å²) in [6.07, 6.45) is 1.20. The molecule has 0 aromatic heterocycles. The van der Waals surface area contributed by atoms with Gasteiger partial charge in [0, 0.05) is 23.3 Å². The lowest BCUT2D eigenvalue weighted by Gasteiger charge is -2.18. The number of amides is 2. The highest BCUT2D eigenvalue weighted by molar-refractivity contribution is 6.30. The van der Waals surface area contributed by atoms with Crippen LogP contribution in [0.15, 0.2) is 24.3 Å². The minimum absolute atomic E-state index is 0.125. The van der Waals surface area contributed by atoms with Crippen LogP contribution in [-0.2, 0) is 9.59 Å². The maximum Gasteiger partial charge on any atom is 0.239 e. The lowest BCUT2D eigenvalue weighted by atomic mass is 10.1. The van der Waals surface area contributed by atoms with E-state index < -0.39 is 5.92 Å². The van der Waals surface area contributed by atoms with Crippen molar-refractivity contribution < 1.29 is 9.59 Å². The van der Waals surface area contributed by atoms with Gasteiger partial charge < -0.3 is 10.2 Å². The van der Waals surface area contributed by atoms with Crippen LogP contribution in [0.1, 0.15) is 19.8 Å². The van der Waals surface area contributed by atoms with Crippen molar-refractivity contribution in [1.82, 2.24) is 16.2 Å². The molecule has 2 heterocycles. The van der Waals surface area contributed by atoms with Crippen molar-refractivity contribution in [2.45, 2.75) is 32.0 Å². The van der Waals surface area contributed by atoms with Crippen LogP contribution >= 0.6 is 11.6 Å². The number of hydrogen-bond acceptors (Lipinski definition) is 4. The summed E-state index contributed by atoms with van der Waals surface area (Å²) in [6.45, 7) is 2.58. The molecule has 0 saturated carbocycles. The summed E-state index contributed by atoms with van der Waals surface area (Å²) in [7, 11) is 0. The number of nitrogens with zero attached hydrogens (tertiary/aromatic N) is 1. The van der Waals surface area contributed by atoms with Crippen LogP contribution in [0.4, 0.5) is 5.69 Å². The van der Waals surface area contributed by atoms with Gasteiger partial charge in [0.05, 0.1) is 6.17 Å². The molecule has 0 radical (unpaired) electrons. The van der Waals surface area contributed by atoms with E-state index in [1.165, 1.54) is 0 Å². The van der Waals surface area contributed by atoms with E-state index in [1.54, 1.807) is 29.2 Å². The minimum atomic E-state index is -0.617. The molecule has 0 bridgehead atoms. The van der Waals surface area contributed by atoms with Crippen molar-refractivity contribution >= 4 is 29.1 Å². The number of hydrazine groups is 1. The fourth-order valence-electron chi connectivity index (χ4n) is 2.88. The average Bonchev–Trinajstić information content (AvgIpc) is 3.06. The van der Waals surface area contributed by atoms with E-state index in [0.717, 1.165) is 12.1 Å². The predicted molar refractivity (Wildman–Crippen MR) is 84.2 cm³/mol. The van der Waals surface area contributed by atoms with E-state index in [4.69, 9.17) is 11.6 Å². The molecule has 3 N–H and O–H groups in total. The Morgan fingerprint density at radius 1 is 1.32 bits per heavy atom. The van der Waals surface area contributed by atoms with Gasteiger partial charge in [-0.25, -0.2) is 5.43 Å². The van der Waals surface area contributed by atoms with Crippen LogP contribution in [0.25, 0.3) is 0 Å². The summed E-state index contributed by atoms with van der Waals surface area (Å²) in [6, 6.07) is 7.38. The molecule has 7 heteroatoms. The van der Waals surface area contributed by atoms with Gasteiger partial charge in [-0.2, -0.15) is 0 Å². The van der Waals surface area contributed by atoms with Gasteiger partial charge in [-0.05, 0) is 44.0 Å². The number of halogens is 1. The lowest BCUT2D eigenvalue weighted by Crippen LogP contribution is -2.47. The first kappa shape index (κ1) is 15.3. The maximum atomic E-state index is 12.5. The SMILES string of the molecule is CC1CC(NC(=O)C2CCN(c3ccc(Cl)cc3)C2=O)NN1. The molecule has 2 aliphatic heterocycles. The van der Waals surface area contributed by atoms with Gasteiger partial charge in [-0.3, -0.25) is 15.0 Å². The number of nitrogens with one attached hydrogen (secondary N) is 3. The Hall–Kier alpha value is -1.63. The highest BCUT2D eigenvalue weighted by Gasteiger charge is 2.38. The molecule has 2 amide bonds. The summed E-state index contributed by atoms with van der Waals surface area (Å²) >= 11 is 5.86. The Bertz CT molecular complexity index is 577. The Kier molecular flexibility index (Phi) is 4.33. The predicted octanol–water partition coefficient (Wildman–Crippen LogP) is 1.02. The fraction of sp³-hybridized carbons (Fsp3) is 0.467. The molecule has 0 spiro atoms. The summed E-state index contributed by atoms with van der Waals surface area (Å²) in [5, 5.41) is 3.51. The fourth-order valence-corrected chi connectivity index (χ4v) is 3.01. The smallest absolute Gasteiger partial charge is 0.239 e. The van der Waals surface area contributed by atoms with Crippen molar-refractivity contribution in [1.29, 1.82) is 0 Å². The first-order chi connectivity index (χ1) is 10.5. The van der Waals surface area contributed by atoms with Crippen molar-refractivity contribution in [3.05, 3.63) is 29.3 Å². The van der Waals surface area contributed by atoms with E-state index in [9.17, 15) is 9.59 Å². The van der Waals surface area contributed by atoms with Crippen molar-refractivity contribution in [2.75, 3.05) is 11.4 Å². The number of benzene rings is 1. The zero-order chi connectivity index (χ0) is 15.7. The topological polar surface area (TPSA) is 73.5 Å². The van der Waals surface area contributed by atoms with Gasteiger partial charge in [-0.1, -0.05) is 11.6 Å². The van der Waals surface area contributed by atoms with Crippen LogP contribution in [0, 0.1) is 5.92 Å². The van der Waals surface area contributed by atoms with Gasteiger partial charge in [0.2, 0.25) is 11.8 Å². The first-order valence-corrected chi connectivity index (χ1v) is 7.81. The standard InChI is InChI=1S/C15H19ClN4O2/c1-9-8-13(19-18-9)17-14(21)12-6-7-20(15(12)22)11-4-2-10(16)3-5-11/h2-5,9,12-13,18-19H,6-8H2,1H3,(H,17,21). The summed E-state index contributed by atoms with van der Waals surface area (Å²) in [5.41, 5.74) is 6.82. The van der Waals surface area contributed by atoms with Gasteiger partial charge in [0.25, 0.3) is 0 Å². The summed E-state index contributed by atoms with van der Waals surface area (Å²) < 4.78 is 0. The van der Waals surface area contributed by atoms with Crippen LogP contribution in [0.3, 0.4) is 0 Å². The zero-order valence-corrected chi connectivity index (χ0v) is 13.1. The van der Waals surface area contributed by atoms with Crippen LogP contribution in [0.2, 0.25) is 5.02 Å². The van der Waals surface area contributed by atoms with E-state index >= 15 is 0 Å². The van der Waals surface area contributed by atoms with Crippen molar-refractivity contribution in [3.8, 4) is 0 Å². The molecule has 6 nitrogen and oxygen atoms in total. The largest absolute Gasteiger partial charge is 0.339 e. The van der Waals surface area contributed by atoms with Crippen molar-refractivity contribution in [2.24, 2.45) is 5.92 Å². The first-order valence-electron chi connectivity index (χ1n) is 7.43. The Labute approximate surface area is 134 Å². The molecule has 1 aromatic carbocycles. The molecule has 2 saturated heterocycles. The Morgan fingerprint density at radius 2 is 2.05 bits per heavy atom. The molecule has 0 aliphatic carbocycles. The normalized spacial score (nSPS) is 28.2. The van der Waals surface area contributed by atoms with Gasteiger partial charge in [-0.15, -0.1) is 0 Å². The third-order valence-corrected chi connectivity index (χ3v) is 4.32. The van der Waals surface area contributed by atoms with Crippen LogP contribution in [-0.4, -0.2) is 30.6 Å². The van der Waals surface area contributed by atoms with Crippen LogP contribution in [0.5, 0.6) is 0 Å². The maximum absolute atomic E-state index is 12.5. The second-order valence-electron chi connectivity index (χ2n) is 5.79. The summed E-state index contributed by atoms with van der Waals surface area (Å²) in [4.78, 5) is 26.4. The van der Waals surface area contributed by atoms with Gasteiger partial charge >= 0.3 is 0 Å². The van der Waals surface area contributed by atoms with E-state index in [1.807, 2.05) is 6.92 Å². The number of anilines is 1. The molecule has 2 aliphatic rings. The van der Waals surface area contributed by atoms with Crippen molar-refractivity contribution in [3.63, 3.8) is 0 Å². The Morgan fingerprint density at radius 3 is 2.68 bits per heavy atom. The lowest BCUT2D eigenvalue weighted by molar-refractivity contribution is -0.132. The molecule has 3 unspecified atom stereocenters. The van der Waals surface area contributed by atoms with Gasteiger partial charge in [0.15, 0.2) is 0 Å². The highest BCUT2D eigenvalue weighted by Crippen LogP contribution is 2.26. The number of carbonyl (C=O) groups excluding carboxylic acids is 2. The zero-order valence-electron chi connectivity index (χ0n) is 12.3. The monoisotopic (exact) mass is 322 g/mol. The second kappa shape index (κ2) is 6.24. The van der Waals surface area contributed by atoms with E-state index in [0.29, 0.717) is 24.0 Å². The molecule has 3 rings (SSSR count). The summed E-state index contributed by atoms with van der Waals surface area (Å²) in [5.74, 6) is -0.984. The highest BCUT2D eigenvalue weighted by atomic mass is 35.5.